The number of hydrogen-bond acceptors (Lipinski definition) is 4. The molecule has 0 spiro atoms. The molecule has 2 aliphatic rings. The minimum atomic E-state index is -0.900. The highest BCUT2D eigenvalue weighted by Gasteiger charge is 2.43. The summed E-state index contributed by atoms with van der Waals surface area (Å²) in [6.45, 7) is 3.41. The van der Waals surface area contributed by atoms with Gasteiger partial charge in [-0.2, -0.15) is 0 Å². The third kappa shape index (κ3) is 4.04. The molecule has 1 saturated carbocycles. The first-order chi connectivity index (χ1) is 11.2. The maximum absolute atomic E-state index is 12.4. The highest BCUT2D eigenvalue weighted by Crippen LogP contribution is 2.24. The van der Waals surface area contributed by atoms with Crippen molar-refractivity contribution >= 4 is 23.8 Å². The molecule has 134 valence electrons. The number of carbonyl (C=O) groups excluding carboxylic acids is 4. The topological polar surface area (TPSA) is 113 Å². The van der Waals surface area contributed by atoms with Gasteiger partial charge < -0.3 is 16.0 Å². The molecule has 1 aliphatic heterocycles. The maximum Gasteiger partial charge on any atom is 0.325 e. The second-order valence-corrected chi connectivity index (χ2v) is 7.04. The first-order valence-electron chi connectivity index (χ1n) is 8.44. The zero-order valence-corrected chi connectivity index (χ0v) is 14.3. The minimum absolute atomic E-state index is 0.0698. The van der Waals surface area contributed by atoms with Crippen LogP contribution in [0, 0.1) is 0 Å². The molecule has 0 aromatic heterocycles. The second-order valence-electron chi connectivity index (χ2n) is 7.04. The van der Waals surface area contributed by atoms with Gasteiger partial charge in [-0.05, 0) is 33.1 Å². The molecule has 5 amide bonds. The summed E-state index contributed by atoms with van der Waals surface area (Å²) in [6.07, 6.45) is 4.42. The highest BCUT2D eigenvalue weighted by molar-refractivity contribution is 6.06. The van der Waals surface area contributed by atoms with E-state index < -0.39 is 17.5 Å². The number of nitrogens with one attached hydrogen (secondary N) is 1. The molecule has 1 heterocycles. The Balaban J connectivity index is 1.87. The Hall–Kier alpha value is -2.12. The number of rotatable bonds is 7. The molecule has 0 unspecified atom stereocenters. The summed E-state index contributed by atoms with van der Waals surface area (Å²) in [6, 6.07) is -0.358. The van der Waals surface area contributed by atoms with Crippen molar-refractivity contribution in [2.24, 2.45) is 5.73 Å². The third-order valence-corrected chi connectivity index (χ3v) is 4.63. The van der Waals surface area contributed by atoms with Crippen LogP contribution < -0.4 is 11.1 Å². The molecular formula is C16H26N4O4. The van der Waals surface area contributed by atoms with Gasteiger partial charge >= 0.3 is 6.03 Å². The van der Waals surface area contributed by atoms with E-state index in [2.05, 4.69) is 5.32 Å². The average molecular weight is 338 g/mol. The molecule has 0 aromatic carbocycles. The lowest BCUT2D eigenvalue weighted by atomic mass is 10.1. The average Bonchev–Trinajstić information content (AvgIpc) is 3.06. The van der Waals surface area contributed by atoms with Gasteiger partial charge in [0, 0.05) is 19.0 Å². The van der Waals surface area contributed by atoms with E-state index in [4.69, 9.17) is 5.73 Å². The SMILES string of the molecule is CC1(C)NC(=O)N(CCCC(=O)N(CC(N)=O)C2CCCC2)C1=O. The fourth-order valence-electron chi connectivity index (χ4n) is 3.36. The van der Waals surface area contributed by atoms with Gasteiger partial charge in [0.1, 0.15) is 5.54 Å². The predicted octanol–water partition coefficient (Wildman–Crippen LogP) is 0.354. The Morgan fingerprint density at radius 1 is 1.29 bits per heavy atom. The van der Waals surface area contributed by atoms with Gasteiger partial charge in [0.15, 0.2) is 0 Å². The monoisotopic (exact) mass is 338 g/mol. The number of urea groups is 1. The molecular weight excluding hydrogens is 312 g/mol. The van der Waals surface area contributed by atoms with Gasteiger partial charge in [-0.25, -0.2) is 4.79 Å². The van der Waals surface area contributed by atoms with Gasteiger partial charge in [0.2, 0.25) is 11.8 Å². The van der Waals surface area contributed by atoms with Crippen molar-refractivity contribution in [3.05, 3.63) is 0 Å². The fraction of sp³-hybridized carbons (Fsp3) is 0.750. The van der Waals surface area contributed by atoms with E-state index in [-0.39, 0.29) is 37.4 Å². The van der Waals surface area contributed by atoms with E-state index in [0.29, 0.717) is 6.42 Å². The van der Waals surface area contributed by atoms with Crippen molar-refractivity contribution < 1.29 is 19.2 Å². The lowest BCUT2D eigenvalue weighted by Crippen LogP contribution is -2.44. The van der Waals surface area contributed by atoms with Crippen LogP contribution in [0.5, 0.6) is 0 Å². The van der Waals surface area contributed by atoms with Crippen molar-refractivity contribution in [1.29, 1.82) is 0 Å². The van der Waals surface area contributed by atoms with Crippen LogP contribution in [0.4, 0.5) is 4.79 Å². The number of amides is 5. The molecule has 0 radical (unpaired) electrons. The fourth-order valence-corrected chi connectivity index (χ4v) is 3.36. The Bertz CT molecular complexity index is 540. The van der Waals surface area contributed by atoms with E-state index in [9.17, 15) is 19.2 Å². The first kappa shape index (κ1) is 18.2. The quantitative estimate of drug-likeness (QED) is 0.652. The van der Waals surface area contributed by atoms with Crippen LogP contribution in [0.2, 0.25) is 0 Å². The van der Waals surface area contributed by atoms with Crippen LogP contribution in [0.3, 0.4) is 0 Å². The summed E-state index contributed by atoms with van der Waals surface area (Å²) in [5.74, 6) is -0.956. The van der Waals surface area contributed by atoms with Crippen LogP contribution in [0.15, 0.2) is 0 Å². The molecule has 8 heteroatoms. The number of nitrogens with two attached hydrogens (primary N) is 1. The molecule has 24 heavy (non-hydrogen) atoms. The van der Waals surface area contributed by atoms with Crippen LogP contribution >= 0.6 is 0 Å². The van der Waals surface area contributed by atoms with Crippen molar-refractivity contribution in [2.75, 3.05) is 13.1 Å². The number of carbonyl (C=O) groups is 4. The van der Waals surface area contributed by atoms with Gasteiger partial charge in [0.05, 0.1) is 6.54 Å². The van der Waals surface area contributed by atoms with Gasteiger partial charge in [-0.1, -0.05) is 12.8 Å². The Morgan fingerprint density at radius 3 is 2.42 bits per heavy atom. The Morgan fingerprint density at radius 2 is 1.92 bits per heavy atom. The molecule has 1 aliphatic carbocycles. The summed E-state index contributed by atoms with van der Waals surface area (Å²) in [7, 11) is 0. The smallest absolute Gasteiger partial charge is 0.325 e. The normalized spacial score (nSPS) is 20.3. The molecule has 2 fully saturated rings. The summed E-state index contributed by atoms with van der Waals surface area (Å²) >= 11 is 0. The lowest BCUT2D eigenvalue weighted by Gasteiger charge is -2.28. The van der Waals surface area contributed by atoms with Crippen LogP contribution in [0.25, 0.3) is 0 Å². The summed E-state index contributed by atoms with van der Waals surface area (Å²) in [4.78, 5) is 50.3. The minimum Gasteiger partial charge on any atom is -0.368 e. The van der Waals surface area contributed by atoms with Crippen molar-refractivity contribution in [1.82, 2.24) is 15.1 Å². The van der Waals surface area contributed by atoms with Gasteiger partial charge in [-0.15, -0.1) is 0 Å². The molecule has 0 atom stereocenters. The van der Waals surface area contributed by atoms with Crippen molar-refractivity contribution in [3.8, 4) is 0 Å². The van der Waals surface area contributed by atoms with Gasteiger partial charge in [-0.3, -0.25) is 19.3 Å². The van der Waals surface area contributed by atoms with Crippen molar-refractivity contribution in [3.63, 3.8) is 0 Å². The lowest BCUT2D eigenvalue weighted by molar-refractivity contribution is -0.138. The molecule has 2 rings (SSSR count). The van der Waals surface area contributed by atoms with E-state index in [1.54, 1.807) is 18.7 Å². The number of primary amides is 1. The zero-order valence-electron chi connectivity index (χ0n) is 14.3. The summed E-state index contributed by atoms with van der Waals surface area (Å²) in [5, 5.41) is 2.61. The summed E-state index contributed by atoms with van der Waals surface area (Å²) < 4.78 is 0. The van der Waals surface area contributed by atoms with E-state index >= 15 is 0 Å². The third-order valence-electron chi connectivity index (χ3n) is 4.63. The van der Waals surface area contributed by atoms with Crippen LogP contribution in [0.1, 0.15) is 52.4 Å². The zero-order chi connectivity index (χ0) is 17.9. The number of nitrogens with zero attached hydrogens (tertiary/aromatic N) is 2. The van der Waals surface area contributed by atoms with E-state index in [0.717, 1.165) is 30.6 Å². The highest BCUT2D eigenvalue weighted by atomic mass is 16.2. The molecule has 0 bridgehead atoms. The van der Waals surface area contributed by atoms with Crippen molar-refractivity contribution in [2.45, 2.75) is 64.0 Å². The number of imide groups is 1. The Labute approximate surface area is 141 Å². The second kappa shape index (κ2) is 7.19. The molecule has 8 nitrogen and oxygen atoms in total. The van der Waals surface area contributed by atoms with Crippen LogP contribution in [-0.2, 0) is 14.4 Å². The predicted molar refractivity (Wildman–Crippen MR) is 86.7 cm³/mol. The number of hydrogen-bond donors (Lipinski definition) is 2. The maximum atomic E-state index is 12.4. The first-order valence-corrected chi connectivity index (χ1v) is 8.44. The standard InChI is InChI=1S/C16H26N4O4/c1-16(2)14(23)19(15(24)18-16)9-5-8-13(22)20(10-12(17)21)11-6-3-4-7-11/h11H,3-10H2,1-2H3,(H2,17,21)(H,18,24). The molecule has 1 saturated heterocycles. The van der Waals surface area contributed by atoms with Crippen LogP contribution in [-0.4, -0.2) is 58.2 Å². The molecule has 3 N–H and O–H groups in total. The van der Waals surface area contributed by atoms with E-state index in [1.807, 2.05) is 0 Å². The van der Waals surface area contributed by atoms with Gasteiger partial charge in [0.25, 0.3) is 5.91 Å². The molecule has 0 aromatic rings. The Kier molecular flexibility index (Phi) is 5.46. The largest absolute Gasteiger partial charge is 0.368 e. The summed E-state index contributed by atoms with van der Waals surface area (Å²) in [5.41, 5.74) is 4.35. The van der Waals surface area contributed by atoms with E-state index in [1.165, 1.54) is 0 Å².